The van der Waals surface area contributed by atoms with E-state index in [1.54, 1.807) is 17.0 Å². The number of hydrogen-bond donors (Lipinski definition) is 1. The molecule has 10 heteroatoms. The normalized spacial score (nSPS) is 18.9. The monoisotopic (exact) mass is 441 g/mol. The summed E-state index contributed by atoms with van der Waals surface area (Å²) < 4.78 is 5.58. The zero-order valence-electron chi connectivity index (χ0n) is 18.4. The summed E-state index contributed by atoms with van der Waals surface area (Å²) in [4.78, 5) is 36.6. The Hall–Kier alpha value is -3.11. The van der Waals surface area contributed by atoms with Crippen LogP contribution in [0.5, 0.6) is 0 Å². The lowest BCUT2D eigenvalue weighted by Gasteiger charge is -2.38. The van der Waals surface area contributed by atoms with Crippen molar-refractivity contribution in [3.63, 3.8) is 0 Å². The highest BCUT2D eigenvalue weighted by Crippen LogP contribution is 2.32. The molecule has 10 nitrogen and oxygen atoms in total. The third-order valence-corrected chi connectivity index (χ3v) is 5.83. The molecule has 0 spiro atoms. The minimum Gasteiger partial charge on any atom is -0.381 e. The van der Waals surface area contributed by atoms with Crippen LogP contribution in [0.4, 0.5) is 11.5 Å². The summed E-state index contributed by atoms with van der Waals surface area (Å²) in [6.45, 7) is 7.66. The minimum absolute atomic E-state index is 0.00400. The fourth-order valence-electron chi connectivity index (χ4n) is 4.11. The molecule has 1 atom stereocenters. The highest BCUT2D eigenvalue weighted by atomic mass is 16.6. The Labute approximate surface area is 186 Å². The molecule has 0 radical (unpaired) electrons. The number of nitro groups is 1. The van der Waals surface area contributed by atoms with Gasteiger partial charge in [0.05, 0.1) is 36.4 Å². The number of nitrogens with zero attached hydrogens (tertiary/aromatic N) is 5. The van der Waals surface area contributed by atoms with Gasteiger partial charge in [-0.3, -0.25) is 14.9 Å². The minimum atomic E-state index is -1.46. The van der Waals surface area contributed by atoms with Gasteiger partial charge in [-0.1, -0.05) is 0 Å². The molecular weight excluding hydrogens is 414 g/mol. The molecule has 0 bridgehead atoms. The van der Waals surface area contributed by atoms with E-state index in [0.29, 0.717) is 44.1 Å². The van der Waals surface area contributed by atoms with Crippen molar-refractivity contribution in [1.82, 2.24) is 14.9 Å². The van der Waals surface area contributed by atoms with Crippen LogP contribution in [0.2, 0.25) is 0 Å². The number of ether oxygens (including phenoxy) is 1. The van der Waals surface area contributed by atoms with Gasteiger partial charge in [0.2, 0.25) is 0 Å². The van der Waals surface area contributed by atoms with Crippen LogP contribution in [0.3, 0.4) is 0 Å². The van der Waals surface area contributed by atoms with E-state index in [1.165, 1.54) is 26.0 Å². The van der Waals surface area contributed by atoms with E-state index in [4.69, 9.17) is 14.7 Å². The average Bonchev–Trinajstić information content (AvgIpc) is 2.77. The maximum atomic E-state index is 12.7. The number of benzene rings is 1. The number of nitro benzene ring substituents is 1. The van der Waals surface area contributed by atoms with Crippen molar-refractivity contribution in [2.45, 2.75) is 45.4 Å². The van der Waals surface area contributed by atoms with E-state index in [9.17, 15) is 20.0 Å². The predicted octanol–water partition coefficient (Wildman–Crippen LogP) is 1.93. The molecule has 1 fully saturated rings. The summed E-state index contributed by atoms with van der Waals surface area (Å²) in [6.07, 6.45) is 0.580. The number of aromatic nitrogens is 2. The van der Waals surface area contributed by atoms with Crippen molar-refractivity contribution in [1.29, 1.82) is 0 Å². The van der Waals surface area contributed by atoms with Gasteiger partial charge in [0, 0.05) is 36.3 Å². The van der Waals surface area contributed by atoms with Crippen LogP contribution in [-0.2, 0) is 22.5 Å². The highest BCUT2D eigenvalue weighted by Gasteiger charge is 2.34. The zero-order chi connectivity index (χ0) is 23.0. The first-order chi connectivity index (χ1) is 15.1. The largest absolute Gasteiger partial charge is 0.381 e. The van der Waals surface area contributed by atoms with Crippen LogP contribution >= 0.6 is 0 Å². The topological polar surface area (TPSA) is 122 Å². The summed E-state index contributed by atoms with van der Waals surface area (Å²) in [5.74, 6) is 0.916. The molecule has 0 saturated carbocycles. The molecule has 2 aliphatic heterocycles. The standard InChI is InChI=1S/C22H27N5O5/c1-14-13-32-11-10-26(14)20-17-8-9-25(21(28)22(2,3)29)12-18(17)23-19(24-20)15-4-6-16(7-5-15)27(30)31/h4-7,14,29H,8-13H2,1-3H3/t14-/m0/s1. The number of morpholine rings is 1. The summed E-state index contributed by atoms with van der Waals surface area (Å²) in [5.41, 5.74) is 0.907. The molecule has 2 aromatic rings. The van der Waals surface area contributed by atoms with E-state index in [0.717, 1.165) is 17.1 Å². The zero-order valence-corrected chi connectivity index (χ0v) is 18.4. The molecule has 0 unspecified atom stereocenters. The fraction of sp³-hybridized carbons (Fsp3) is 0.500. The Balaban J connectivity index is 1.77. The second kappa shape index (κ2) is 8.44. The van der Waals surface area contributed by atoms with Gasteiger partial charge in [0.1, 0.15) is 11.4 Å². The van der Waals surface area contributed by atoms with Gasteiger partial charge in [-0.2, -0.15) is 0 Å². The summed E-state index contributed by atoms with van der Waals surface area (Å²) in [7, 11) is 0. The van der Waals surface area contributed by atoms with E-state index >= 15 is 0 Å². The number of anilines is 1. The third-order valence-electron chi connectivity index (χ3n) is 5.83. The predicted molar refractivity (Wildman–Crippen MR) is 117 cm³/mol. The molecule has 32 heavy (non-hydrogen) atoms. The maximum absolute atomic E-state index is 12.7. The number of amides is 1. The smallest absolute Gasteiger partial charge is 0.269 e. The highest BCUT2D eigenvalue weighted by molar-refractivity contribution is 5.84. The maximum Gasteiger partial charge on any atom is 0.269 e. The Bertz CT molecular complexity index is 1030. The van der Waals surface area contributed by atoms with Crippen LogP contribution in [0.1, 0.15) is 32.0 Å². The third kappa shape index (κ3) is 4.28. The van der Waals surface area contributed by atoms with Crippen molar-refractivity contribution in [2.75, 3.05) is 31.2 Å². The van der Waals surface area contributed by atoms with Crippen molar-refractivity contribution in [3.8, 4) is 11.4 Å². The van der Waals surface area contributed by atoms with E-state index in [2.05, 4.69) is 11.8 Å². The molecule has 170 valence electrons. The molecule has 1 amide bonds. The molecule has 0 aliphatic carbocycles. The second-order valence-electron chi connectivity index (χ2n) is 8.75. The van der Waals surface area contributed by atoms with Gasteiger partial charge < -0.3 is 19.6 Å². The number of carbonyl (C=O) groups excluding carboxylic acids is 1. The Morgan fingerprint density at radius 1 is 1.25 bits per heavy atom. The van der Waals surface area contributed by atoms with E-state index < -0.39 is 10.5 Å². The molecule has 4 rings (SSSR count). The van der Waals surface area contributed by atoms with Crippen LogP contribution in [0.15, 0.2) is 24.3 Å². The number of rotatable bonds is 4. The molecule has 1 aromatic carbocycles. The number of carbonyl (C=O) groups is 1. The Kier molecular flexibility index (Phi) is 5.83. The van der Waals surface area contributed by atoms with Gasteiger partial charge in [-0.05, 0) is 39.3 Å². The lowest BCUT2D eigenvalue weighted by Crippen LogP contribution is -2.48. The van der Waals surface area contributed by atoms with E-state index in [1.807, 2.05) is 0 Å². The van der Waals surface area contributed by atoms with Gasteiger partial charge in [0.25, 0.3) is 11.6 Å². The lowest BCUT2D eigenvalue weighted by atomic mass is 10.0. The number of hydrogen-bond acceptors (Lipinski definition) is 8. The Morgan fingerprint density at radius 3 is 2.59 bits per heavy atom. The van der Waals surface area contributed by atoms with Crippen LogP contribution in [0.25, 0.3) is 11.4 Å². The van der Waals surface area contributed by atoms with Gasteiger partial charge in [-0.25, -0.2) is 9.97 Å². The Morgan fingerprint density at radius 2 is 1.97 bits per heavy atom. The second-order valence-corrected chi connectivity index (χ2v) is 8.75. The molecule has 1 aromatic heterocycles. The number of fused-ring (bicyclic) bond motifs is 1. The summed E-state index contributed by atoms with van der Waals surface area (Å²) in [6, 6.07) is 6.26. The lowest BCUT2D eigenvalue weighted by molar-refractivity contribution is -0.384. The first kappa shape index (κ1) is 22.1. The number of non-ortho nitro benzene ring substituents is 1. The van der Waals surface area contributed by atoms with Crippen molar-refractivity contribution in [2.24, 2.45) is 0 Å². The van der Waals surface area contributed by atoms with E-state index in [-0.39, 0.29) is 24.2 Å². The van der Waals surface area contributed by atoms with Crippen LogP contribution in [0, 0.1) is 10.1 Å². The molecule has 3 heterocycles. The first-order valence-corrected chi connectivity index (χ1v) is 10.7. The van der Waals surface area contributed by atoms with Crippen LogP contribution in [-0.4, -0.2) is 68.8 Å². The van der Waals surface area contributed by atoms with Crippen LogP contribution < -0.4 is 4.90 Å². The number of aliphatic hydroxyl groups is 1. The van der Waals surface area contributed by atoms with Crippen molar-refractivity contribution >= 4 is 17.4 Å². The van der Waals surface area contributed by atoms with Gasteiger partial charge >= 0.3 is 0 Å². The summed E-state index contributed by atoms with van der Waals surface area (Å²) in [5, 5.41) is 21.2. The molecule has 2 aliphatic rings. The van der Waals surface area contributed by atoms with Crippen molar-refractivity contribution in [3.05, 3.63) is 45.6 Å². The first-order valence-electron chi connectivity index (χ1n) is 10.7. The van der Waals surface area contributed by atoms with Gasteiger partial charge in [-0.15, -0.1) is 0 Å². The average molecular weight is 441 g/mol. The molecule has 1 N–H and O–H groups in total. The van der Waals surface area contributed by atoms with Gasteiger partial charge in [0.15, 0.2) is 5.82 Å². The molecular formula is C22H27N5O5. The quantitative estimate of drug-likeness (QED) is 0.564. The fourth-order valence-corrected chi connectivity index (χ4v) is 4.11. The SMILES string of the molecule is C[C@H]1COCCN1c1nc(-c2ccc([N+](=O)[O-])cc2)nc2c1CCN(C(=O)C(C)(C)O)C2. The summed E-state index contributed by atoms with van der Waals surface area (Å²) >= 11 is 0. The molecule has 1 saturated heterocycles. The van der Waals surface area contributed by atoms with Crippen molar-refractivity contribution < 1.29 is 19.6 Å².